The first-order valence-corrected chi connectivity index (χ1v) is 9.80. The third-order valence-electron chi connectivity index (χ3n) is 5.09. The molecule has 150 valence electrons. The molecule has 0 saturated carbocycles. The smallest absolute Gasteiger partial charge is 0.204 e. The van der Waals surface area contributed by atoms with Crippen LogP contribution < -0.4 is 9.47 Å². The van der Waals surface area contributed by atoms with Gasteiger partial charge in [-0.3, -0.25) is 9.30 Å². The van der Waals surface area contributed by atoms with Crippen LogP contribution in [-0.4, -0.2) is 40.3 Å². The second-order valence-corrected chi connectivity index (χ2v) is 7.52. The van der Waals surface area contributed by atoms with Gasteiger partial charge in [-0.2, -0.15) is 5.10 Å². The highest BCUT2D eigenvalue weighted by molar-refractivity contribution is 7.71. The predicted molar refractivity (Wildman–Crippen MR) is 117 cm³/mol. The molecule has 0 unspecified atom stereocenters. The van der Waals surface area contributed by atoms with E-state index in [-0.39, 0.29) is 0 Å². The molecule has 0 fully saturated rings. The van der Waals surface area contributed by atoms with Crippen molar-refractivity contribution in [3.8, 4) is 11.5 Å². The Hall–Kier alpha value is -2.90. The average molecular weight is 409 g/mol. The summed E-state index contributed by atoms with van der Waals surface area (Å²) in [4.78, 5) is 2.15. The van der Waals surface area contributed by atoms with Crippen LogP contribution >= 0.6 is 12.2 Å². The molecule has 6 nitrogen and oxygen atoms in total. The first-order chi connectivity index (χ1) is 14.0. The Balaban J connectivity index is 1.65. The van der Waals surface area contributed by atoms with E-state index in [4.69, 9.17) is 26.8 Å². The molecule has 0 aliphatic heterocycles. The molecule has 7 heteroatoms. The van der Waals surface area contributed by atoms with Gasteiger partial charge in [-0.1, -0.05) is 24.3 Å². The molecule has 2 heterocycles. The molecule has 4 rings (SSSR count). The SMILES string of the molecule is COc1ccc(CN(C)Cn2nc3cc(C)c4ccccc4n3c2=S)c(OC)c1. The summed E-state index contributed by atoms with van der Waals surface area (Å²) < 4.78 is 15.4. The van der Waals surface area contributed by atoms with Crippen molar-refractivity contribution in [2.75, 3.05) is 21.3 Å². The van der Waals surface area contributed by atoms with Crippen molar-refractivity contribution >= 4 is 28.8 Å². The largest absolute Gasteiger partial charge is 0.497 e. The zero-order chi connectivity index (χ0) is 20.5. The van der Waals surface area contributed by atoms with E-state index in [1.54, 1.807) is 14.2 Å². The number of fused-ring (bicyclic) bond motifs is 3. The van der Waals surface area contributed by atoms with Gasteiger partial charge in [0.15, 0.2) is 5.65 Å². The molecule has 2 aromatic heterocycles. The third-order valence-corrected chi connectivity index (χ3v) is 5.48. The van der Waals surface area contributed by atoms with Crippen LogP contribution in [0.1, 0.15) is 11.1 Å². The number of hydrogen-bond donors (Lipinski definition) is 0. The monoisotopic (exact) mass is 408 g/mol. The second-order valence-electron chi connectivity index (χ2n) is 7.15. The fraction of sp³-hybridized carbons (Fsp3) is 0.273. The fourth-order valence-electron chi connectivity index (χ4n) is 3.66. The van der Waals surface area contributed by atoms with Crippen LogP contribution in [-0.2, 0) is 13.2 Å². The van der Waals surface area contributed by atoms with E-state index in [1.165, 1.54) is 10.9 Å². The lowest BCUT2D eigenvalue weighted by Gasteiger charge is -2.18. The summed E-state index contributed by atoms with van der Waals surface area (Å²) in [6.45, 7) is 3.37. The Morgan fingerprint density at radius 3 is 2.62 bits per heavy atom. The van der Waals surface area contributed by atoms with Crippen LogP contribution in [0.25, 0.3) is 16.6 Å². The average Bonchev–Trinajstić information content (AvgIpc) is 3.03. The van der Waals surface area contributed by atoms with Crippen LogP contribution in [0.5, 0.6) is 11.5 Å². The highest BCUT2D eigenvalue weighted by Crippen LogP contribution is 2.26. The number of aromatic nitrogens is 3. The molecule has 0 bridgehead atoms. The minimum atomic E-state index is 0.572. The standard InChI is InChI=1S/C22H24N4O2S/c1-15-11-21-23-25(22(29)26(21)19-8-6-5-7-18(15)19)14-24(2)13-16-9-10-17(27-3)12-20(16)28-4/h5-12H,13-14H2,1-4H3. The fourth-order valence-corrected chi connectivity index (χ4v) is 3.95. The van der Waals surface area contributed by atoms with Crippen molar-refractivity contribution in [2.24, 2.45) is 0 Å². The van der Waals surface area contributed by atoms with Gasteiger partial charge in [-0.05, 0) is 50.0 Å². The highest BCUT2D eigenvalue weighted by atomic mass is 32.1. The molecular weight excluding hydrogens is 384 g/mol. The molecule has 2 aromatic carbocycles. The van der Waals surface area contributed by atoms with E-state index >= 15 is 0 Å². The molecule has 4 aromatic rings. The Labute approximate surface area is 174 Å². The Bertz CT molecular complexity index is 1250. The first-order valence-electron chi connectivity index (χ1n) is 9.39. The maximum atomic E-state index is 5.76. The van der Waals surface area contributed by atoms with E-state index in [0.717, 1.165) is 28.2 Å². The lowest BCUT2D eigenvalue weighted by Crippen LogP contribution is -2.22. The lowest BCUT2D eigenvalue weighted by atomic mass is 10.1. The molecule has 0 saturated heterocycles. The number of rotatable bonds is 6. The van der Waals surface area contributed by atoms with Gasteiger partial charge in [0.1, 0.15) is 11.5 Å². The summed E-state index contributed by atoms with van der Waals surface area (Å²) in [5.74, 6) is 1.58. The molecule has 0 atom stereocenters. The quantitative estimate of drug-likeness (QED) is 0.442. The number of methoxy groups -OCH3 is 2. The lowest BCUT2D eigenvalue weighted by molar-refractivity contribution is 0.241. The van der Waals surface area contributed by atoms with Crippen molar-refractivity contribution in [3.63, 3.8) is 0 Å². The van der Waals surface area contributed by atoms with Gasteiger partial charge in [0, 0.05) is 23.6 Å². The number of pyridine rings is 1. The zero-order valence-corrected chi connectivity index (χ0v) is 17.9. The second kappa shape index (κ2) is 7.85. The predicted octanol–water partition coefficient (Wildman–Crippen LogP) is 4.43. The number of para-hydroxylation sites is 1. The molecule has 0 aliphatic carbocycles. The van der Waals surface area contributed by atoms with Gasteiger partial charge in [-0.25, -0.2) is 4.68 Å². The summed E-state index contributed by atoms with van der Waals surface area (Å²) in [6.07, 6.45) is 0. The van der Waals surface area contributed by atoms with Gasteiger partial charge in [0.25, 0.3) is 0 Å². The molecule has 0 spiro atoms. The van der Waals surface area contributed by atoms with E-state index in [1.807, 2.05) is 46.5 Å². The van der Waals surface area contributed by atoms with Crippen LogP contribution in [0, 0.1) is 11.7 Å². The van der Waals surface area contributed by atoms with Crippen molar-refractivity contribution in [3.05, 3.63) is 64.4 Å². The number of hydrogen-bond acceptors (Lipinski definition) is 5. The minimum Gasteiger partial charge on any atom is -0.497 e. The van der Waals surface area contributed by atoms with E-state index in [2.05, 4.69) is 30.0 Å². The number of nitrogens with zero attached hydrogens (tertiary/aromatic N) is 4. The van der Waals surface area contributed by atoms with Crippen LogP contribution in [0.4, 0.5) is 0 Å². The van der Waals surface area contributed by atoms with Gasteiger partial charge < -0.3 is 9.47 Å². The van der Waals surface area contributed by atoms with Gasteiger partial charge in [0.2, 0.25) is 4.77 Å². The molecule has 0 amide bonds. The zero-order valence-electron chi connectivity index (χ0n) is 17.0. The maximum Gasteiger partial charge on any atom is 0.204 e. The summed E-state index contributed by atoms with van der Waals surface area (Å²) in [5.41, 5.74) is 4.21. The van der Waals surface area contributed by atoms with Crippen LogP contribution in [0.3, 0.4) is 0 Å². The van der Waals surface area contributed by atoms with E-state index < -0.39 is 0 Å². The van der Waals surface area contributed by atoms with Crippen molar-refractivity contribution < 1.29 is 9.47 Å². The van der Waals surface area contributed by atoms with Gasteiger partial charge >= 0.3 is 0 Å². The molecule has 0 aliphatic rings. The van der Waals surface area contributed by atoms with Gasteiger partial charge in [-0.15, -0.1) is 0 Å². The minimum absolute atomic E-state index is 0.572. The molecular formula is C22H24N4O2S. The summed E-state index contributed by atoms with van der Waals surface area (Å²) in [7, 11) is 5.36. The van der Waals surface area contributed by atoms with Crippen LogP contribution in [0.15, 0.2) is 48.5 Å². The normalized spacial score (nSPS) is 11.5. The summed E-state index contributed by atoms with van der Waals surface area (Å²) in [6, 6.07) is 16.2. The third kappa shape index (κ3) is 3.59. The Morgan fingerprint density at radius 1 is 1.07 bits per heavy atom. The topological polar surface area (TPSA) is 43.9 Å². The van der Waals surface area contributed by atoms with E-state index in [0.29, 0.717) is 18.0 Å². The van der Waals surface area contributed by atoms with Crippen molar-refractivity contribution in [2.45, 2.75) is 20.1 Å². The summed E-state index contributed by atoms with van der Waals surface area (Å²) >= 11 is 5.76. The van der Waals surface area contributed by atoms with Crippen molar-refractivity contribution in [1.29, 1.82) is 0 Å². The van der Waals surface area contributed by atoms with Crippen LogP contribution in [0.2, 0.25) is 0 Å². The first kappa shape index (κ1) is 19.4. The van der Waals surface area contributed by atoms with E-state index in [9.17, 15) is 0 Å². The number of ether oxygens (including phenoxy) is 2. The number of aryl methyl sites for hydroxylation is 1. The molecule has 0 radical (unpaired) electrons. The number of benzene rings is 2. The maximum absolute atomic E-state index is 5.76. The molecule has 29 heavy (non-hydrogen) atoms. The Morgan fingerprint density at radius 2 is 1.86 bits per heavy atom. The highest BCUT2D eigenvalue weighted by Gasteiger charge is 2.13. The molecule has 0 N–H and O–H groups in total. The van der Waals surface area contributed by atoms with Crippen molar-refractivity contribution in [1.82, 2.24) is 19.1 Å². The van der Waals surface area contributed by atoms with Gasteiger partial charge in [0.05, 0.1) is 26.4 Å². The summed E-state index contributed by atoms with van der Waals surface area (Å²) in [5, 5.41) is 5.94. The Kier molecular flexibility index (Phi) is 5.25.